The molecule has 0 bridgehead atoms. The molecule has 6 nitrogen and oxygen atoms in total. The molecule has 0 unspecified atom stereocenters. The summed E-state index contributed by atoms with van der Waals surface area (Å²) in [5.74, 6) is -1.84. The number of fused-ring (bicyclic) bond motifs is 1. The number of hydrogen-bond acceptors (Lipinski definition) is 4. The lowest BCUT2D eigenvalue weighted by Gasteiger charge is -2.29. The fraction of sp³-hybridized carbons (Fsp3) is 0.529. The van der Waals surface area contributed by atoms with Crippen molar-refractivity contribution in [3.63, 3.8) is 0 Å². The van der Waals surface area contributed by atoms with Crippen molar-refractivity contribution in [2.75, 3.05) is 18.1 Å². The zero-order valence-electron chi connectivity index (χ0n) is 13.8. The molecule has 2 rings (SSSR count). The third kappa shape index (κ3) is 4.80. The lowest BCUT2D eigenvalue weighted by molar-refractivity contribution is -0.129. The highest BCUT2D eigenvalue weighted by Crippen LogP contribution is 2.21. The second-order valence-corrected chi connectivity index (χ2v) is 8.34. The first-order valence-electron chi connectivity index (χ1n) is 8.15. The van der Waals surface area contributed by atoms with Gasteiger partial charge in [0.25, 0.3) is 0 Å². The van der Waals surface area contributed by atoms with Crippen LogP contribution >= 0.6 is 0 Å². The topological polar surface area (TPSA) is 91.8 Å². The third-order valence-corrected chi connectivity index (χ3v) is 5.82. The van der Waals surface area contributed by atoms with Crippen LogP contribution in [-0.2, 0) is 27.6 Å². The van der Waals surface area contributed by atoms with Gasteiger partial charge in [0.2, 0.25) is 5.91 Å². The number of benzene rings is 1. The zero-order valence-corrected chi connectivity index (χ0v) is 14.6. The van der Waals surface area contributed by atoms with Gasteiger partial charge in [-0.15, -0.1) is 0 Å². The van der Waals surface area contributed by atoms with Crippen LogP contribution in [0.3, 0.4) is 0 Å². The van der Waals surface area contributed by atoms with Gasteiger partial charge in [0.05, 0.1) is 11.3 Å². The van der Waals surface area contributed by atoms with Crippen LogP contribution in [0, 0.1) is 0 Å². The van der Waals surface area contributed by atoms with Gasteiger partial charge in [0, 0.05) is 13.1 Å². The number of amides is 1. The second-order valence-electron chi connectivity index (χ2n) is 6.15. The first-order chi connectivity index (χ1) is 11.3. The normalized spacial score (nSPS) is 14.3. The van der Waals surface area contributed by atoms with E-state index in [0.717, 1.165) is 24.0 Å². The van der Waals surface area contributed by atoms with Crippen molar-refractivity contribution in [1.82, 2.24) is 4.90 Å². The van der Waals surface area contributed by atoms with Gasteiger partial charge in [0.1, 0.15) is 5.75 Å². The number of unbranched alkanes of at least 4 members (excludes halogenated alkanes) is 2. The third-order valence-electron chi connectivity index (χ3n) is 4.22. The Morgan fingerprint density at radius 2 is 1.96 bits per heavy atom. The van der Waals surface area contributed by atoms with Crippen LogP contribution in [0.4, 0.5) is 0 Å². The zero-order chi connectivity index (χ0) is 17.7. The van der Waals surface area contributed by atoms with Gasteiger partial charge in [-0.1, -0.05) is 25.8 Å². The minimum absolute atomic E-state index is 0.0418. The van der Waals surface area contributed by atoms with E-state index in [9.17, 15) is 18.0 Å². The quantitative estimate of drug-likeness (QED) is 0.756. The Balaban J connectivity index is 2.02. The van der Waals surface area contributed by atoms with E-state index < -0.39 is 27.5 Å². The molecule has 0 saturated heterocycles. The number of carboxylic acids is 1. The van der Waals surface area contributed by atoms with Gasteiger partial charge in [-0.3, -0.25) is 4.79 Å². The average Bonchev–Trinajstić information content (AvgIpc) is 2.53. The lowest BCUT2D eigenvalue weighted by Crippen LogP contribution is -2.39. The molecule has 0 spiro atoms. The van der Waals surface area contributed by atoms with Crippen molar-refractivity contribution >= 4 is 21.7 Å². The maximum absolute atomic E-state index is 12.3. The van der Waals surface area contributed by atoms with E-state index in [4.69, 9.17) is 5.11 Å². The van der Waals surface area contributed by atoms with Crippen LogP contribution in [0.1, 0.15) is 47.7 Å². The molecule has 1 aromatic rings. The summed E-state index contributed by atoms with van der Waals surface area (Å²) in [4.78, 5) is 24.9. The van der Waals surface area contributed by atoms with Crippen molar-refractivity contribution in [3.8, 4) is 0 Å². The maximum Gasteiger partial charge on any atom is 0.335 e. The first-order valence-corrected chi connectivity index (χ1v) is 9.98. The van der Waals surface area contributed by atoms with Crippen molar-refractivity contribution in [3.05, 3.63) is 34.9 Å². The molecule has 24 heavy (non-hydrogen) atoms. The molecule has 1 amide bonds. The summed E-state index contributed by atoms with van der Waals surface area (Å²) in [6.07, 6.45) is 2.95. The fourth-order valence-corrected chi connectivity index (χ4v) is 4.17. The van der Waals surface area contributed by atoms with Gasteiger partial charge in [-0.2, -0.15) is 0 Å². The summed E-state index contributed by atoms with van der Waals surface area (Å²) in [5.41, 5.74) is 1.96. The highest BCUT2D eigenvalue weighted by atomic mass is 32.2. The molecule has 7 heteroatoms. The number of rotatable bonds is 7. The molecule has 0 atom stereocenters. The van der Waals surface area contributed by atoms with E-state index in [-0.39, 0.29) is 17.9 Å². The molecule has 1 aliphatic heterocycles. The van der Waals surface area contributed by atoms with Crippen LogP contribution in [0.25, 0.3) is 0 Å². The number of sulfone groups is 1. The summed E-state index contributed by atoms with van der Waals surface area (Å²) in [6, 6.07) is 4.88. The van der Waals surface area contributed by atoms with Crippen LogP contribution < -0.4 is 0 Å². The Morgan fingerprint density at radius 3 is 2.62 bits per heavy atom. The minimum atomic E-state index is -3.39. The molecule has 1 N–H and O–H groups in total. The summed E-state index contributed by atoms with van der Waals surface area (Å²) in [6.45, 7) is 2.72. The lowest BCUT2D eigenvalue weighted by atomic mass is 9.97. The molecule has 1 aliphatic rings. The van der Waals surface area contributed by atoms with Gasteiger partial charge < -0.3 is 10.0 Å². The molecular weight excluding hydrogens is 330 g/mol. The number of carbonyl (C=O) groups excluding carboxylic acids is 1. The van der Waals surface area contributed by atoms with Gasteiger partial charge in [-0.05, 0) is 36.1 Å². The van der Waals surface area contributed by atoms with Crippen LogP contribution in [0.5, 0.6) is 0 Å². The van der Waals surface area contributed by atoms with E-state index in [0.29, 0.717) is 19.4 Å². The Bertz CT molecular complexity index is 726. The summed E-state index contributed by atoms with van der Waals surface area (Å²) in [5, 5.41) is 9.06. The SMILES string of the molecule is CCCCCS(=O)(=O)CC(=O)N1CCc2ccc(C(=O)O)cc2C1. The Hall–Kier alpha value is -1.89. The molecule has 0 radical (unpaired) electrons. The maximum atomic E-state index is 12.3. The number of hydrogen-bond donors (Lipinski definition) is 1. The molecule has 1 heterocycles. The number of aromatic carboxylic acids is 1. The Kier molecular flexibility index (Phi) is 5.99. The van der Waals surface area contributed by atoms with Crippen molar-refractivity contribution in [2.45, 2.75) is 39.2 Å². The molecule has 1 aromatic carbocycles. The molecule has 132 valence electrons. The standard InChI is InChI=1S/C17H23NO5S/c1-2-3-4-9-24(22,23)12-16(19)18-8-7-13-5-6-14(17(20)21)10-15(13)11-18/h5-6,10H,2-4,7-9,11-12H2,1H3,(H,20,21). The average molecular weight is 353 g/mol. The van der Waals surface area contributed by atoms with Crippen molar-refractivity contribution < 1.29 is 23.1 Å². The van der Waals surface area contributed by atoms with Crippen LogP contribution in [0.15, 0.2) is 18.2 Å². The highest BCUT2D eigenvalue weighted by Gasteiger charge is 2.25. The van der Waals surface area contributed by atoms with Gasteiger partial charge in [0.15, 0.2) is 9.84 Å². The van der Waals surface area contributed by atoms with Crippen LogP contribution in [0.2, 0.25) is 0 Å². The molecular formula is C17H23NO5S. The molecule has 0 saturated carbocycles. The largest absolute Gasteiger partial charge is 0.478 e. The minimum Gasteiger partial charge on any atom is -0.478 e. The van der Waals surface area contributed by atoms with Crippen molar-refractivity contribution in [2.24, 2.45) is 0 Å². The van der Waals surface area contributed by atoms with E-state index in [2.05, 4.69) is 0 Å². The fourth-order valence-electron chi connectivity index (χ4n) is 2.83. The van der Waals surface area contributed by atoms with E-state index in [1.165, 1.54) is 4.90 Å². The monoisotopic (exact) mass is 353 g/mol. The summed E-state index contributed by atoms with van der Waals surface area (Å²) >= 11 is 0. The molecule has 0 fully saturated rings. The Labute approximate surface area is 142 Å². The Morgan fingerprint density at radius 1 is 1.21 bits per heavy atom. The van der Waals surface area contributed by atoms with Gasteiger partial charge >= 0.3 is 5.97 Å². The predicted octanol–water partition coefficient (Wildman–Crippen LogP) is 1.87. The van der Waals surface area contributed by atoms with E-state index in [1.807, 2.05) is 6.92 Å². The smallest absolute Gasteiger partial charge is 0.335 e. The number of nitrogens with zero attached hydrogens (tertiary/aromatic N) is 1. The second kappa shape index (κ2) is 7.79. The molecule has 0 aliphatic carbocycles. The molecule has 0 aromatic heterocycles. The summed E-state index contributed by atoms with van der Waals surface area (Å²) in [7, 11) is -3.39. The number of carbonyl (C=O) groups is 2. The van der Waals surface area contributed by atoms with E-state index >= 15 is 0 Å². The first kappa shape index (κ1) is 18.4. The van der Waals surface area contributed by atoms with E-state index in [1.54, 1.807) is 18.2 Å². The van der Waals surface area contributed by atoms with Crippen LogP contribution in [-0.4, -0.2) is 48.4 Å². The summed E-state index contributed by atoms with van der Waals surface area (Å²) < 4.78 is 24.0. The van der Waals surface area contributed by atoms with Crippen molar-refractivity contribution in [1.29, 1.82) is 0 Å². The van der Waals surface area contributed by atoms with Gasteiger partial charge in [-0.25, -0.2) is 13.2 Å². The number of carboxylic acid groups (broad SMARTS) is 1. The predicted molar refractivity (Wildman–Crippen MR) is 90.7 cm³/mol. The highest BCUT2D eigenvalue weighted by molar-refractivity contribution is 7.92.